The number of carbonyl (C=O) groups is 4. The first-order valence-corrected chi connectivity index (χ1v) is 6.40. The minimum Gasteiger partial charge on any atom is -0.480 e. The zero-order valence-electron chi connectivity index (χ0n) is 11.7. The van der Waals surface area contributed by atoms with E-state index in [2.05, 4.69) is 16.0 Å². The molecule has 20 heavy (non-hydrogen) atoms. The zero-order valence-corrected chi connectivity index (χ0v) is 11.7. The molecule has 0 unspecified atom stereocenters. The monoisotopic (exact) mass is 287 g/mol. The van der Waals surface area contributed by atoms with Crippen molar-refractivity contribution >= 4 is 23.7 Å². The Labute approximate surface area is 117 Å². The molecule has 0 fully saturated rings. The molecule has 0 bridgehead atoms. The Bertz CT molecular complexity index is 370. The van der Waals surface area contributed by atoms with Crippen LogP contribution in [0.2, 0.25) is 0 Å². The van der Waals surface area contributed by atoms with Crippen molar-refractivity contribution in [2.45, 2.75) is 39.2 Å². The largest absolute Gasteiger partial charge is 0.480 e. The molecular weight excluding hydrogens is 266 g/mol. The Hall–Kier alpha value is -2.12. The molecule has 0 aromatic carbocycles. The highest BCUT2D eigenvalue weighted by Crippen LogP contribution is 2.00. The molecule has 0 rings (SSSR count). The van der Waals surface area contributed by atoms with E-state index in [9.17, 15) is 19.2 Å². The molecule has 0 saturated carbocycles. The first-order valence-electron chi connectivity index (χ1n) is 6.40. The molecule has 0 heterocycles. The second kappa shape index (κ2) is 9.76. The van der Waals surface area contributed by atoms with Gasteiger partial charge in [-0.05, 0) is 6.42 Å². The van der Waals surface area contributed by atoms with Crippen molar-refractivity contribution in [1.29, 1.82) is 0 Å². The summed E-state index contributed by atoms with van der Waals surface area (Å²) in [5, 5.41) is 15.8. The number of rotatable bonds is 9. The Morgan fingerprint density at radius 3 is 2.15 bits per heavy atom. The number of hydrogen-bond acceptors (Lipinski definition) is 4. The van der Waals surface area contributed by atoms with Gasteiger partial charge in [-0.1, -0.05) is 19.8 Å². The quantitative estimate of drug-likeness (QED) is 0.433. The summed E-state index contributed by atoms with van der Waals surface area (Å²) >= 11 is 0. The highest BCUT2D eigenvalue weighted by atomic mass is 16.4. The van der Waals surface area contributed by atoms with Crippen LogP contribution in [-0.2, 0) is 19.2 Å². The Balaban J connectivity index is 4.03. The van der Waals surface area contributed by atoms with Gasteiger partial charge < -0.3 is 21.1 Å². The Morgan fingerprint density at radius 1 is 1.05 bits per heavy atom. The SMILES string of the molecule is CCCC[C@H](NC(=O)CNC(=O)CNC(C)=O)C(=O)O. The molecule has 0 spiro atoms. The number of hydrogen-bond donors (Lipinski definition) is 4. The fraction of sp³-hybridized carbons (Fsp3) is 0.667. The average Bonchev–Trinajstić information content (AvgIpc) is 2.38. The summed E-state index contributed by atoms with van der Waals surface area (Å²) in [6.07, 6.45) is 1.86. The average molecular weight is 287 g/mol. The van der Waals surface area contributed by atoms with Crippen molar-refractivity contribution in [3.63, 3.8) is 0 Å². The smallest absolute Gasteiger partial charge is 0.326 e. The molecule has 0 aliphatic rings. The van der Waals surface area contributed by atoms with Gasteiger partial charge in [-0.2, -0.15) is 0 Å². The van der Waals surface area contributed by atoms with Crippen LogP contribution in [0.5, 0.6) is 0 Å². The molecule has 8 heteroatoms. The van der Waals surface area contributed by atoms with Crippen LogP contribution in [0, 0.1) is 0 Å². The summed E-state index contributed by atoms with van der Waals surface area (Å²) in [5.41, 5.74) is 0. The minimum atomic E-state index is -1.10. The molecular formula is C12H21N3O5. The predicted octanol–water partition coefficient (Wildman–Crippen LogP) is -1.00. The van der Waals surface area contributed by atoms with Gasteiger partial charge in [0.1, 0.15) is 6.04 Å². The van der Waals surface area contributed by atoms with Gasteiger partial charge in [-0.25, -0.2) is 4.79 Å². The van der Waals surface area contributed by atoms with Crippen LogP contribution < -0.4 is 16.0 Å². The number of aliphatic carboxylic acids is 1. The van der Waals surface area contributed by atoms with Crippen LogP contribution in [0.15, 0.2) is 0 Å². The lowest BCUT2D eigenvalue weighted by Crippen LogP contribution is -2.46. The molecule has 0 aliphatic heterocycles. The molecule has 3 amide bonds. The van der Waals surface area contributed by atoms with E-state index in [1.165, 1.54) is 6.92 Å². The van der Waals surface area contributed by atoms with Crippen LogP contribution >= 0.6 is 0 Å². The highest BCUT2D eigenvalue weighted by Gasteiger charge is 2.19. The van der Waals surface area contributed by atoms with Crippen LogP contribution in [0.3, 0.4) is 0 Å². The third kappa shape index (κ3) is 8.90. The lowest BCUT2D eigenvalue weighted by molar-refractivity contribution is -0.142. The number of carboxylic acids is 1. The molecule has 0 aliphatic carbocycles. The summed E-state index contributed by atoms with van der Waals surface area (Å²) in [6, 6.07) is -0.949. The van der Waals surface area contributed by atoms with Crippen molar-refractivity contribution < 1.29 is 24.3 Å². The second-order valence-electron chi connectivity index (χ2n) is 4.29. The van der Waals surface area contributed by atoms with Crippen LogP contribution in [0.4, 0.5) is 0 Å². The van der Waals surface area contributed by atoms with E-state index in [1.807, 2.05) is 6.92 Å². The van der Waals surface area contributed by atoms with Gasteiger partial charge in [0, 0.05) is 6.92 Å². The summed E-state index contributed by atoms with van der Waals surface area (Å²) in [7, 11) is 0. The van der Waals surface area contributed by atoms with Crippen molar-refractivity contribution in [2.75, 3.05) is 13.1 Å². The van der Waals surface area contributed by atoms with Crippen molar-refractivity contribution in [3.05, 3.63) is 0 Å². The second-order valence-corrected chi connectivity index (χ2v) is 4.29. The van der Waals surface area contributed by atoms with E-state index in [1.54, 1.807) is 0 Å². The van der Waals surface area contributed by atoms with Crippen molar-refractivity contribution in [2.24, 2.45) is 0 Å². The maximum atomic E-state index is 11.5. The Morgan fingerprint density at radius 2 is 1.65 bits per heavy atom. The molecule has 0 aromatic heterocycles. The van der Waals surface area contributed by atoms with E-state index < -0.39 is 23.8 Å². The first kappa shape index (κ1) is 17.9. The standard InChI is InChI=1S/C12H21N3O5/c1-3-4-5-9(12(19)20)15-11(18)7-14-10(17)6-13-8(2)16/h9H,3-7H2,1-2H3,(H,13,16)(H,14,17)(H,15,18)(H,19,20)/t9-/m0/s1. The number of amides is 3. The van der Waals surface area contributed by atoms with E-state index in [-0.39, 0.29) is 19.0 Å². The maximum absolute atomic E-state index is 11.5. The molecule has 114 valence electrons. The number of carbonyl (C=O) groups excluding carboxylic acids is 3. The fourth-order valence-corrected chi connectivity index (χ4v) is 1.36. The maximum Gasteiger partial charge on any atom is 0.326 e. The molecule has 0 aromatic rings. The summed E-state index contributed by atoms with van der Waals surface area (Å²) in [4.78, 5) is 44.2. The van der Waals surface area contributed by atoms with Crippen molar-refractivity contribution in [1.82, 2.24) is 16.0 Å². The molecule has 1 atom stereocenters. The van der Waals surface area contributed by atoms with E-state index >= 15 is 0 Å². The van der Waals surface area contributed by atoms with Gasteiger partial charge in [0.05, 0.1) is 13.1 Å². The zero-order chi connectivity index (χ0) is 15.5. The normalized spacial score (nSPS) is 11.3. The number of nitrogens with one attached hydrogen (secondary N) is 3. The van der Waals surface area contributed by atoms with Gasteiger partial charge in [-0.3, -0.25) is 14.4 Å². The van der Waals surface area contributed by atoms with E-state index in [0.29, 0.717) is 12.8 Å². The summed E-state index contributed by atoms with van der Waals surface area (Å²) in [6.45, 7) is 2.64. The third-order valence-corrected chi connectivity index (χ3v) is 2.42. The number of carboxylic acid groups (broad SMARTS) is 1. The van der Waals surface area contributed by atoms with Gasteiger partial charge >= 0.3 is 5.97 Å². The van der Waals surface area contributed by atoms with Gasteiger partial charge in [0.25, 0.3) is 0 Å². The predicted molar refractivity (Wildman–Crippen MR) is 70.8 cm³/mol. The summed E-state index contributed by atoms with van der Waals surface area (Å²) in [5.74, 6) is -2.55. The molecule has 0 saturated heterocycles. The van der Waals surface area contributed by atoms with Crippen LogP contribution in [-0.4, -0.2) is 47.9 Å². The minimum absolute atomic E-state index is 0.221. The van der Waals surface area contributed by atoms with Crippen LogP contribution in [0.25, 0.3) is 0 Å². The van der Waals surface area contributed by atoms with E-state index in [4.69, 9.17) is 5.11 Å². The van der Waals surface area contributed by atoms with Crippen LogP contribution in [0.1, 0.15) is 33.1 Å². The fourth-order valence-electron chi connectivity index (χ4n) is 1.36. The number of unbranched alkanes of at least 4 members (excludes halogenated alkanes) is 1. The topological polar surface area (TPSA) is 125 Å². The van der Waals surface area contributed by atoms with E-state index in [0.717, 1.165) is 6.42 Å². The first-order chi connectivity index (χ1) is 9.36. The van der Waals surface area contributed by atoms with Gasteiger partial charge in [-0.15, -0.1) is 0 Å². The van der Waals surface area contributed by atoms with Gasteiger partial charge in [0.2, 0.25) is 17.7 Å². The van der Waals surface area contributed by atoms with Gasteiger partial charge in [0.15, 0.2) is 0 Å². The highest BCUT2D eigenvalue weighted by molar-refractivity contribution is 5.89. The lowest BCUT2D eigenvalue weighted by Gasteiger charge is -2.14. The van der Waals surface area contributed by atoms with Crippen molar-refractivity contribution in [3.8, 4) is 0 Å². The molecule has 8 nitrogen and oxygen atoms in total. The third-order valence-electron chi connectivity index (χ3n) is 2.42. The Kier molecular flexibility index (Phi) is 8.73. The molecule has 4 N–H and O–H groups in total. The molecule has 0 radical (unpaired) electrons. The lowest BCUT2D eigenvalue weighted by atomic mass is 10.1. The summed E-state index contributed by atoms with van der Waals surface area (Å²) < 4.78 is 0.